The minimum absolute atomic E-state index is 0.168. The number of ether oxygens (including phenoxy) is 1. The normalized spacial score (nSPS) is 21.4. The zero-order valence-electron chi connectivity index (χ0n) is 32.9. The molecule has 0 saturated carbocycles. The SMILES string of the molecule is CC(C)C[C@@H](/C=C/[C@H](Cc1ccccc1)C(=O)N1CCC[C@H]1C(=O)N[C@@H](C(=O)NC1CC(C)(C)N(O)C(C)(C)C1)C(C)C)NC(=O)OC(C)(C)C. The highest BCUT2D eigenvalue weighted by atomic mass is 16.6. The van der Waals surface area contributed by atoms with Crippen molar-refractivity contribution in [1.29, 1.82) is 0 Å². The van der Waals surface area contributed by atoms with Gasteiger partial charge >= 0.3 is 6.09 Å². The van der Waals surface area contributed by atoms with Crippen LogP contribution in [0.2, 0.25) is 0 Å². The third-order valence-electron chi connectivity index (χ3n) is 9.69. The molecule has 4 amide bonds. The number of carbonyl (C=O) groups is 4. The summed E-state index contributed by atoms with van der Waals surface area (Å²) in [5.74, 6) is -1.27. The van der Waals surface area contributed by atoms with Crippen LogP contribution in [-0.4, -0.2) is 86.4 Å². The number of hydroxylamine groups is 2. The molecule has 0 bridgehead atoms. The van der Waals surface area contributed by atoms with Crippen molar-refractivity contribution in [1.82, 2.24) is 25.9 Å². The Morgan fingerprint density at radius 2 is 1.57 bits per heavy atom. The van der Waals surface area contributed by atoms with Crippen LogP contribution in [0, 0.1) is 17.8 Å². The maximum atomic E-state index is 14.4. The predicted octanol–water partition coefficient (Wildman–Crippen LogP) is 6.00. The largest absolute Gasteiger partial charge is 0.444 e. The van der Waals surface area contributed by atoms with Crippen molar-refractivity contribution < 1.29 is 29.1 Å². The van der Waals surface area contributed by atoms with E-state index in [1.165, 1.54) is 5.06 Å². The molecule has 0 spiro atoms. The Balaban J connectivity index is 1.80. The van der Waals surface area contributed by atoms with Crippen molar-refractivity contribution >= 4 is 23.8 Å². The van der Waals surface area contributed by atoms with Crippen molar-refractivity contribution in [2.75, 3.05) is 6.54 Å². The van der Waals surface area contributed by atoms with E-state index >= 15 is 0 Å². The van der Waals surface area contributed by atoms with Crippen molar-refractivity contribution in [3.8, 4) is 0 Å². The second-order valence-corrected chi connectivity index (χ2v) is 17.5. The number of hydrogen-bond acceptors (Lipinski definition) is 7. The highest BCUT2D eigenvalue weighted by Crippen LogP contribution is 2.36. The van der Waals surface area contributed by atoms with Crippen molar-refractivity contribution in [3.63, 3.8) is 0 Å². The second kappa shape index (κ2) is 17.4. The molecule has 11 heteroatoms. The molecule has 4 N–H and O–H groups in total. The Kier molecular flexibility index (Phi) is 14.3. The van der Waals surface area contributed by atoms with Crippen molar-refractivity contribution in [2.45, 2.75) is 156 Å². The molecule has 4 atom stereocenters. The molecule has 286 valence electrons. The van der Waals surface area contributed by atoms with Gasteiger partial charge in [0.15, 0.2) is 0 Å². The number of amides is 4. The molecule has 0 aromatic heterocycles. The molecule has 2 heterocycles. The van der Waals surface area contributed by atoms with Gasteiger partial charge in [-0.2, -0.15) is 5.06 Å². The smallest absolute Gasteiger partial charge is 0.408 e. The maximum absolute atomic E-state index is 14.4. The number of nitrogens with one attached hydrogen (secondary N) is 3. The number of alkyl carbamates (subject to hydrolysis) is 1. The summed E-state index contributed by atoms with van der Waals surface area (Å²) < 4.78 is 5.51. The molecule has 0 aliphatic carbocycles. The van der Waals surface area contributed by atoms with E-state index in [0.717, 1.165) is 5.56 Å². The van der Waals surface area contributed by atoms with Gasteiger partial charge in [-0.05, 0) is 104 Å². The third-order valence-corrected chi connectivity index (χ3v) is 9.69. The van der Waals surface area contributed by atoms with E-state index in [4.69, 9.17) is 4.74 Å². The van der Waals surface area contributed by atoms with Gasteiger partial charge in [0.25, 0.3) is 0 Å². The molecule has 0 radical (unpaired) electrons. The lowest BCUT2D eigenvalue weighted by atomic mass is 9.79. The van der Waals surface area contributed by atoms with E-state index in [0.29, 0.717) is 45.1 Å². The number of likely N-dealkylation sites (tertiary alicyclic amines) is 1. The van der Waals surface area contributed by atoms with Crippen LogP contribution in [-0.2, 0) is 25.5 Å². The topological polar surface area (TPSA) is 140 Å². The molecule has 2 fully saturated rings. The summed E-state index contributed by atoms with van der Waals surface area (Å²) in [5, 5.41) is 21.2. The van der Waals surface area contributed by atoms with E-state index in [2.05, 4.69) is 29.8 Å². The summed E-state index contributed by atoms with van der Waals surface area (Å²) in [6, 6.07) is 7.73. The van der Waals surface area contributed by atoms with Gasteiger partial charge in [-0.3, -0.25) is 14.4 Å². The summed E-state index contributed by atoms with van der Waals surface area (Å²) in [6.07, 6.45) is 6.59. The zero-order chi connectivity index (χ0) is 38.3. The lowest BCUT2D eigenvalue weighted by Gasteiger charge is -2.51. The van der Waals surface area contributed by atoms with Crippen LogP contribution in [0.25, 0.3) is 0 Å². The van der Waals surface area contributed by atoms with Crippen LogP contribution in [0.4, 0.5) is 4.79 Å². The predicted molar refractivity (Wildman–Crippen MR) is 200 cm³/mol. The number of rotatable bonds is 13. The molecule has 11 nitrogen and oxygen atoms in total. The van der Waals surface area contributed by atoms with Gasteiger partial charge in [0, 0.05) is 23.7 Å². The maximum Gasteiger partial charge on any atom is 0.408 e. The first kappa shape index (κ1) is 42.0. The highest BCUT2D eigenvalue weighted by molar-refractivity contribution is 5.93. The van der Waals surface area contributed by atoms with E-state index in [9.17, 15) is 24.4 Å². The molecule has 3 rings (SSSR count). The first-order valence-electron chi connectivity index (χ1n) is 18.7. The summed E-state index contributed by atoms with van der Waals surface area (Å²) in [5.41, 5.74) is -0.733. The van der Waals surface area contributed by atoms with Gasteiger partial charge in [-0.15, -0.1) is 0 Å². The van der Waals surface area contributed by atoms with Crippen LogP contribution in [0.5, 0.6) is 0 Å². The molecule has 1 aromatic carbocycles. The third kappa shape index (κ3) is 12.3. The summed E-state index contributed by atoms with van der Waals surface area (Å²) >= 11 is 0. The average Bonchev–Trinajstić information content (AvgIpc) is 3.49. The summed E-state index contributed by atoms with van der Waals surface area (Å²) in [6.45, 7) is 21.6. The lowest BCUT2D eigenvalue weighted by molar-refractivity contribution is -0.246. The van der Waals surface area contributed by atoms with Crippen molar-refractivity contribution in [3.05, 3.63) is 48.0 Å². The van der Waals surface area contributed by atoms with E-state index in [1.54, 1.807) is 4.90 Å². The van der Waals surface area contributed by atoms with E-state index in [-0.39, 0.29) is 41.6 Å². The van der Waals surface area contributed by atoms with Crippen LogP contribution in [0.1, 0.15) is 114 Å². The minimum atomic E-state index is -0.788. The zero-order valence-corrected chi connectivity index (χ0v) is 32.9. The summed E-state index contributed by atoms with van der Waals surface area (Å²) in [4.78, 5) is 56.3. The first-order valence-corrected chi connectivity index (χ1v) is 18.7. The van der Waals surface area contributed by atoms with Crippen LogP contribution in [0.3, 0.4) is 0 Å². The van der Waals surface area contributed by atoms with Gasteiger partial charge in [-0.1, -0.05) is 70.2 Å². The first-order chi connectivity index (χ1) is 23.6. The number of benzene rings is 1. The van der Waals surface area contributed by atoms with Gasteiger partial charge in [0.2, 0.25) is 17.7 Å². The molecule has 2 aliphatic rings. The minimum Gasteiger partial charge on any atom is -0.444 e. The standard InChI is InChI=1S/C40H65N5O6/c1-26(2)22-30(42-37(49)51-38(5,6)7)20-19-29(23-28-16-13-12-14-17-28)36(48)44-21-15-18-32(44)34(46)43-33(27(3)4)35(47)41-31-24-39(8,9)45(50)40(10,11)25-31/h12-14,16-17,19-20,26-27,29-33,50H,15,18,21-25H2,1-11H3,(H,41,47)(H,42,49)(H,43,46)/b20-19+/t29-,30-,32+,33-/m1/s1. The van der Waals surface area contributed by atoms with Gasteiger partial charge in [0.05, 0.1) is 12.0 Å². The Hall–Kier alpha value is -3.44. The van der Waals surface area contributed by atoms with Gasteiger partial charge in [-0.25, -0.2) is 4.79 Å². The number of hydrogen-bond donors (Lipinski definition) is 4. The lowest BCUT2D eigenvalue weighted by Crippen LogP contribution is -2.64. The molecule has 1 aromatic rings. The molecular formula is C40H65N5O6. The molecule has 51 heavy (non-hydrogen) atoms. The highest BCUT2D eigenvalue weighted by Gasteiger charge is 2.46. The molecular weight excluding hydrogens is 646 g/mol. The Bertz CT molecular complexity index is 1350. The number of nitrogens with zero attached hydrogens (tertiary/aromatic N) is 2. The second-order valence-electron chi connectivity index (χ2n) is 17.5. The molecule has 2 saturated heterocycles. The number of carbonyl (C=O) groups excluding carboxylic acids is 4. The summed E-state index contributed by atoms with van der Waals surface area (Å²) in [7, 11) is 0. The van der Waals surface area contributed by atoms with E-state index in [1.807, 2.05) is 105 Å². The fraction of sp³-hybridized carbons (Fsp3) is 0.700. The quantitative estimate of drug-likeness (QED) is 0.184. The molecule has 0 unspecified atom stereocenters. The average molecular weight is 712 g/mol. The van der Waals surface area contributed by atoms with Crippen LogP contribution in [0.15, 0.2) is 42.5 Å². The Morgan fingerprint density at radius 3 is 2.12 bits per heavy atom. The van der Waals surface area contributed by atoms with E-state index < -0.39 is 40.8 Å². The Labute approximate surface area is 306 Å². The van der Waals surface area contributed by atoms with Crippen molar-refractivity contribution in [2.24, 2.45) is 17.8 Å². The number of piperidine rings is 1. The van der Waals surface area contributed by atoms with Crippen LogP contribution < -0.4 is 16.0 Å². The molecule has 2 aliphatic heterocycles. The Morgan fingerprint density at radius 1 is 0.961 bits per heavy atom. The monoisotopic (exact) mass is 711 g/mol. The van der Waals surface area contributed by atoms with Crippen LogP contribution >= 0.6 is 0 Å². The van der Waals surface area contributed by atoms with Gasteiger partial charge in [0.1, 0.15) is 17.7 Å². The fourth-order valence-corrected chi connectivity index (χ4v) is 7.49. The van der Waals surface area contributed by atoms with Gasteiger partial charge < -0.3 is 30.8 Å². The fourth-order valence-electron chi connectivity index (χ4n) is 7.49.